The van der Waals surface area contributed by atoms with Crippen molar-refractivity contribution in [3.8, 4) is 17.1 Å². The number of carbonyl (C=O) groups excluding carboxylic acids is 1. The zero-order valence-corrected chi connectivity index (χ0v) is 16.9. The van der Waals surface area contributed by atoms with Gasteiger partial charge in [0.2, 0.25) is 5.91 Å². The summed E-state index contributed by atoms with van der Waals surface area (Å²) >= 11 is 1.27. The van der Waals surface area contributed by atoms with Gasteiger partial charge < -0.3 is 5.32 Å². The number of hydrogen-bond acceptors (Lipinski definition) is 5. The molecule has 1 N–H and O–H groups in total. The Labute approximate surface area is 177 Å². The van der Waals surface area contributed by atoms with Crippen molar-refractivity contribution in [2.45, 2.75) is 12.1 Å². The first-order chi connectivity index (χ1) is 14.6. The van der Waals surface area contributed by atoms with Gasteiger partial charge in [-0.15, -0.1) is 10.2 Å². The molecule has 0 spiro atoms. The number of anilines is 1. The van der Waals surface area contributed by atoms with Crippen molar-refractivity contribution in [1.29, 1.82) is 0 Å². The van der Waals surface area contributed by atoms with Gasteiger partial charge in [-0.25, -0.2) is 4.39 Å². The van der Waals surface area contributed by atoms with Crippen molar-refractivity contribution >= 4 is 23.4 Å². The Morgan fingerprint density at radius 3 is 2.63 bits per heavy atom. The Hall–Kier alpha value is -3.52. The van der Waals surface area contributed by atoms with Crippen LogP contribution in [-0.2, 0) is 4.79 Å². The van der Waals surface area contributed by atoms with Gasteiger partial charge in [0.05, 0.1) is 11.4 Å². The topological polar surface area (TPSA) is 72.7 Å². The number of para-hydroxylation sites is 1. The number of halogens is 1. The van der Waals surface area contributed by atoms with E-state index in [0.29, 0.717) is 16.7 Å². The van der Waals surface area contributed by atoms with E-state index in [4.69, 9.17) is 0 Å². The first-order valence-electron chi connectivity index (χ1n) is 9.22. The number of hydrogen-bond donors (Lipinski definition) is 1. The summed E-state index contributed by atoms with van der Waals surface area (Å²) < 4.78 is 15.3. The highest BCUT2D eigenvalue weighted by Crippen LogP contribution is 2.29. The molecule has 6 nitrogen and oxygen atoms in total. The number of pyridine rings is 1. The third-order valence-corrected chi connectivity index (χ3v) is 5.30. The molecule has 150 valence electrons. The van der Waals surface area contributed by atoms with Crippen molar-refractivity contribution in [3.63, 3.8) is 0 Å². The zero-order valence-electron chi connectivity index (χ0n) is 16.1. The number of nitrogens with one attached hydrogen (secondary N) is 1. The van der Waals surface area contributed by atoms with E-state index in [0.717, 1.165) is 16.8 Å². The van der Waals surface area contributed by atoms with Crippen LogP contribution in [0, 0.1) is 12.7 Å². The van der Waals surface area contributed by atoms with Crippen molar-refractivity contribution < 1.29 is 9.18 Å². The van der Waals surface area contributed by atoms with Crippen LogP contribution in [0.4, 0.5) is 10.1 Å². The zero-order chi connectivity index (χ0) is 20.9. The molecule has 1 amide bonds. The quantitative estimate of drug-likeness (QED) is 0.466. The summed E-state index contributed by atoms with van der Waals surface area (Å²) in [5.74, 6) is 0.119. The molecule has 30 heavy (non-hydrogen) atoms. The SMILES string of the molecule is Cc1ccccc1-n1c(SCC(=O)Nc2cccc(F)c2)nnc1-c1ccncc1. The minimum Gasteiger partial charge on any atom is -0.325 e. The number of rotatable bonds is 6. The normalized spacial score (nSPS) is 10.7. The Morgan fingerprint density at radius 1 is 1.07 bits per heavy atom. The highest BCUT2D eigenvalue weighted by atomic mass is 32.2. The van der Waals surface area contributed by atoms with E-state index in [9.17, 15) is 9.18 Å². The van der Waals surface area contributed by atoms with Crippen LogP contribution in [0.3, 0.4) is 0 Å². The smallest absolute Gasteiger partial charge is 0.234 e. The second-order valence-electron chi connectivity index (χ2n) is 6.51. The van der Waals surface area contributed by atoms with E-state index >= 15 is 0 Å². The molecule has 0 radical (unpaired) electrons. The predicted octanol–water partition coefficient (Wildman–Crippen LogP) is 4.51. The highest BCUT2D eigenvalue weighted by Gasteiger charge is 2.18. The van der Waals surface area contributed by atoms with Gasteiger partial charge >= 0.3 is 0 Å². The van der Waals surface area contributed by atoms with Gasteiger partial charge in [-0.3, -0.25) is 14.3 Å². The first-order valence-corrected chi connectivity index (χ1v) is 10.2. The molecule has 0 fully saturated rings. The van der Waals surface area contributed by atoms with Gasteiger partial charge in [0.1, 0.15) is 5.82 Å². The lowest BCUT2D eigenvalue weighted by atomic mass is 10.2. The number of aryl methyl sites for hydroxylation is 1. The van der Waals surface area contributed by atoms with Gasteiger partial charge in [0.25, 0.3) is 0 Å². The molecule has 0 aliphatic rings. The van der Waals surface area contributed by atoms with Gasteiger partial charge in [-0.1, -0.05) is 36.0 Å². The van der Waals surface area contributed by atoms with Crippen LogP contribution in [0.5, 0.6) is 0 Å². The van der Waals surface area contributed by atoms with Crippen molar-refractivity contribution in [2.75, 3.05) is 11.1 Å². The number of benzene rings is 2. The van der Waals surface area contributed by atoms with Crippen molar-refractivity contribution in [3.05, 3.63) is 84.4 Å². The maximum absolute atomic E-state index is 13.3. The molecule has 0 unspecified atom stereocenters. The molecular weight excluding hydrogens is 401 g/mol. The molecule has 0 aliphatic carbocycles. The number of carbonyl (C=O) groups is 1. The fraction of sp³-hybridized carbons (Fsp3) is 0.0909. The summed E-state index contributed by atoms with van der Waals surface area (Å²) in [6.07, 6.45) is 3.40. The maximum atomic E-state index is 13.3. The molecule has 8 heteroatoms. The van der Waals surface area contributed by atoms with Crippen LogP contribution >= 0.6 is 11.8 Å². The fourth-order valence-corrected chi connectivity index (χ4v) is 3.72. The summed E-state index contributed by atoms with van der Waals surface area (Å²) in [5.41, 5.74) is 3.27. The van der Waals surface area contributed by atoms with E-state index in [1.165, 1.54) is 23.9 Å². The molecular formula is C22H18FN5OS. The Kier molecular flexibility index (Phi) is 5.85. The number of nitrogens with zero attached hydrogens (tertiary/aromatic N) is 4. The molecule has 0 aliphatic heterocycles. The molecule has 4 aromatic rings. The van der Waals surface area contributed by atoms with E-state index in [-0.39, 0.29) is 11.7 Å². The Balaban J connectivity index is 1.61. The molecule has 4 rings (SSSR count). The van der Waals surface area contributed by atoms with Crippen molar-refractivity contribution in [2.24, 2.45) is 0 Å². The van der Waals surface area contributed by atoms with Gasteiger partial charge in [0.15, 0.2) is 11.0 Å². The molecule has 0 saturated heterocycles. The lowest BCUT2D eigenvalue weighted by Crippen LogP contribution is -2.14. The summed E-state index contributed by atoms with van der Waals surface area (Å²) in [7, 11) is 0. The molecule has 2 aromatic heterocycles. The maximum Gasteiger partial charge on any atom is 0.234 e. The van der Waals surface area contributed by atoms with E-state index in [1.54, 1.807) is 24.5 Å². The Bertz CT molecular complexity index is 1180. The van der Waals surface area contributed by atoms with Crippen LogP contribution in [0.2, 0.25) is 0 Å². The lowest BCUT2D eigenvalue weighted by molar-refractivity contribution is -0.113. The highest BCUT2D eigenvalue weighted by molar-refractivity contribution is 7.99. The summed E-state index contributed by atoms with van der Waals surface area (Å²) in [4.78, 5) is 16.4. The van der Waals surface area contributed by atoms with E-state index < -0.39 is 5.82 Å². The molecule has 2 aromatic carbocycles. The molecule has 0 atom stereocenters. The second-order valence-corrected chi connectivity index (χ2v) is 7.45. The largest absolute Gasteiger partial charge is 0.325 e. The summed E-state index contributed by atoms with van der Waals surface area (Å²) in [6, 6.07) is 17.4. The van der Waals surface area contributed by atoms with E-state index in [2.05, 4.69) is 20.5 Å². The van der Waals surface area contributed by atoms with Crippen LogP contribution in [0.1, 0.15) is 5.56 Å². The minimum absolute atomic E-state index is 0.108. The Morgan fingerprint density at radius 2 is 1.87 bits per heavy atom. The lowest BCUT2D eigenvalue weighted by Gasteiger charge is -2.12. The summed E-state index contributed by atoms with van der Waals surface area (Å²) in [6.45, 7) is 2.01. The molecule has 2 heterocycles. The van der Waals surface area contributed by atoms with Crippen LogP contribution < -0.4 is 5.32 Å². The van der Waals surface area contributed by atoms with Crippen LogP contribution in [0.25, 0.3) is 17.1 Å². The van der Waals surface area contributed by atoms with Gasteiger partial charge in [0, 0.05) is 23.6 Å². The number of amides is 1. The third-order valence-electron chi connectivity index (χ3n) is 4.37. The third kappa shape index (κ3) is 4.38. The van der Waals surface area contributed by atoms with Crippen molar-refractivity contribution in [1.82, 2.24) is 19.7 Å². The van der Waals surface area contributed by atoms with Crippen LogP contribution in [0.15, 0.2) is 78.2 Å². The number of thioether (sulfide) groups is 1. The standard InChI is InChI=1S/C22H18FN5OS/c1-15-5-2-3-8-19(15)28-21(16-9-11-24-12-10-16)26-27-22(28)30-14-20(29)25-18-7-4-6-17(23)13-18/h2-13H,14H2,1H3,(H,25,29). The molecule has 0 saturated carbocycles. The number of aromatic nitrogens is 4. The van der Waals surface area contributed by atoms with Gasteiger partial charge in [-0.05, 0) is 48.9 Å². The minimum atomic E-state index is -0.401. The monoisotopic (exact) mass is 419 g/mol. The van der Waals surface area contributed by atoms with E-state index in [1.807, 2.05) is 47.9 Å². The molecule has 0 bridgehead atoms. The second kappa shape index (κ2) is 8.87. The average molecular weight is 419 g/mol. The summed E-state index contributed by atoms with van der Waals surface area (Å²) in [5, 5.41) is 12.0. The average Bonchev–Trinajstić information content (AvgIpc) is 3.17. The predicted molar refractivity (Wildman–Crippen MR) is 115 cm³/mol. The first kappa shape index (κ1) is 19.8. The fourth-order valence-electron chi connectivity index (χ4n) is 2.98. The van der Waals surface area contributed by atoms with Gasteiger partial charge in [-0.2, -0.15) is 0 Å². The van der Waals surface area contributed by atoms with Crippen LogP contribution in [-0.4, -0.2) is 31.4 Å².